The highest BCUT2D eigenvalue weighted by Crippen LogP contribution is 2.35. The van der Waals surface area contributed by atoms with Crippen molar-refractivity contribution in [2.24, 2.45) is 0 Å². The van der Waals surface area contributed by atoms with Crippen LogP contribution in [0.4, 0.5) is 11.4 Å². The molecule has 6 nitrogen and oxygen atoms in total. The van der Waals surface area contributed by atoms with Crippen molar-refractivity contribution >= 4 is 108 Å². The van der Waals surface area contributed by atoms with E-state index in [-0.39, 0.29) is 25.0 Å². The van der Waals surface area contributed by atoms with Gasteiger partial charge in [0.05, 0.1) is 8.95 Å². The summed E-state index contributed by atoms with van der Waals surface area (Å²) >= 11 is 14.1. The molecule has 40 heavy (non-hydrogen) atoms. The Hall–Kier alpha value is -2.92. The SMILES string of the molecule is O=C(COc1ccc2cc(Br)ccc2c1Br)Nc1ccc(NC(=O)COc2ccc3cc(Br)ccc3c2Br)cc1. The number of anilines is 2. The number of hydrogen-bond acceptors (Lipinski definition) is 4. The molecule has 0 heterocycles. The summed E-state index contributed by atoms with van der Waals surface area (Å²) in [5.41, 5.74) is 1.16. The van der Waals surface area contributed by atoms with E-state index in [1.54, 1.807) is 24.3 Å². The Morgan fingerprint density at radius 3 is 1.35 bits per heavy atom. The van der Waals surface area contributed by atoms with Crippen LogP contribution in [0.15, 0.2) is 103 Å². The van der Waals surface area contributed by atoms with Gasteiger partial charge in [-0.25, -0.2) is 0 Å². The minimum atomic E-state index is -0.304. The molecule has 0 spiro atoms. The molecule has 0 aliphatic rings. The molecule has 5 rings (SSSR count). The molecule has 2 N–H and O–H groups in total. The van der Waals surface area contributed by atoms with Crippen molar-refractivity contribution in [3.05, 3.63) is 103 Å². The lowest BCUT2D eigenvalue weighted by Gasteiger charge is -2.12. The van der Waals surface area contributed by atoms with Crippen LogP contribution in [0.25, 0.3) is 21.5 Å². The van der Waals surface area contributed by atoms with Crippen LogP contribution >= 0.6 is 63.7 Å². The summed E-state index contributed by atoms with van der Waals surface area (Å²) in [7, 11) is 0. The maximum atomic E-state index is 12.5. The van der Waals surface area contributed by atoms with Crippen molar-refractivity contribution in [1.82, 2.24) is 0 Å². The van der Waals surface area contributed by atoms with Gasteiger partial charge < -0.3 is 20.1 Å². The number of ether oxygens (including phenoxy) is 2. The van der Waals surface area contributed by atoms with Gasteiger partial charge in [-0.2, -0.15) is 0 Å². The summed E-state index contributed by atoms with van der Waals surface area (Å²) in [5, 5.41) is 9.67. The van der Waals surface area contributed by atoms with E-state index in [1.165, 1.54) is 0 Å². The Morgan fingerprint density at radius 2 is 0.950 bits per heavy atom. The fourth-order valence-corrected chi connectivity index (χ4v) is 6.00. The monoisotopic (exact) mass is 788 g/mol. The number of nitrogens with one attached hydrogen (secondary N) is 2. The normalized spacial score (nSPS) is 10.9. The maximum Gasteiger partial charge on any atom is 0.262 e. The minimum absolute atomic E-state index is 0.155. The molecule has 0 unspecified atom stereocenters. The topological polar surface area (TPSA) is 76.7 Å². The molecule has 0 saturated heterocycles. The average Bonchev–Trinajstić information content (AvgIpc) is 2.93. The number of carbonyl (C=O) groups excluding carboxylic acids is 2. The molecule has 202 valence electrons. The van der Waals surface area contributed by atoms with Crippen LogP contribution in [0, 0.1) is 0 Å². The predicted molar refractivity (Wildman–Crippen MR) is 173 cm³/mol. The molecule has 0 fully saturated rings. The third kappa shape index (κ3) is 6.86. The first-order valence-electron chi connectivity index (χ1n) is 12.0. The van der Waals surface area contributed by atoms with Gasteiger partial charge in [0, 0.05) is 20.3 Å². The quantitative estimate of drug-likeness (QED) is 0.165. The largest absolute Gasteiger partial charge is 0.483 e. The summed E-state index contributed by atoms with van der Waals surface area (Å²) < 4.78 is 15.0. The van der Waals surface area contributed by atoms with Gasteiger partial charge in [-0.1, -0.05) is 56.1 Å². The number of fused-ring (bicyclic) bond motifs is 2. The zero-order chi connectivity index (χ0) is 28.2. The molecule has 0 aliphatic carbocycles. The molecule has 5 aromatic rings. The number of carbonyl (C=O) groups is 2. The first kappa shape index (κ1) is 28.6. The van der Waals surface area contributed by atoms with Crippen LogP contribution in [-0.4, -0.2) is 25.0 Å². The van der Waals surface area contributed by atoms with Gasteiger partial charge in [0.1, 0.15) is 11.5 Å². The molecular weight excluding hydrogens is 772 g/mol. The number of rotatable bonds is 8. The minimum Gasteiger partial charge on any atom is -0.483 e. The van der Waals surface area contributed by atoms with E-state index >= 15 is 0 Å². The summed E-state index contributed by atoms with van der Waals surface area (Å²) in [6.07, 6.45) is 0. The Kier molecular flexibility index (Phi) is 9.10. The average molecular weight is 792 g/mol. The van der Waals surface area contributed by atoms with E-state index < -0.39 is 0 Å². The number of amides is 2. The van der Waals surface area contributed by atoms with Gasteiger partial charge in [0.15, 0.2) is 13.2 Å². The summed E-state index contributed by atoms with van der Waals surface area (Å²) in [5.74, 6) is 0.547. The second-order valence-corrected chi connectivity index (χ2v) is 12.2. The van der Waals surface area contributed by atoms with Crippen molar-refractivity contribution in [2.45, 2.75) is 0 Å². The Bertz CT molecular complexity index is 1610. The summed E-state index contributed by atoms with van der Waals surface area (Å²) in [6.45, 7) is -0.309. The highest BCUT2D eigenvalue weighted by Gasteiger charge is 2.12. The van der Waals surface area contributed by atoms with E-state index in [4.69, 9.17) is 9.47 Å². The van der Waals surface area contributed by atoms with E-state index in [2.05, 4.69) is 74.4 Å². The molecule has 0 bridgehead atoms. The number of hydrogen-bond donors (Lipinski definition) is 2. The van der Waals surface area contributed by atoms with Crippen LogP contribution in [0.3, 0.4) is 0 Å². The van der Waals surface area contributed by atoms with Crippen LogP contribution in [0.5, 0.6) is 11.5 Å². The molecule has 10 heteroatoms. The zero-order valence-corrected chi connectivity index (χ0v) is 27.0. The van der Waals surface area contributed by atoms with Crippen molar-refractivity contribution < 1.29 is 19.1 Å². The molecule has 2 amide bonds. The Morgan fingerprint density at radius 1 is 0.550 bits per heavy atom. The smallest absolute Gasteiger partial charge is 0.262 e. The lowest BCUT2D eigenvalue weighted by molar-refractivity contribution is -0.118. The van der Waals surface area contributed by atoms with Crippen LogP contribution in [0.1, 0.15) is 0 Å². The van der Waals surface area contributed by atoms with Crippen molar-refractivity contribution in [2.75, 3.05) is 23.8 Å². The van der Waals surface area contributed by atoms with Gasteiger partial charge in [-0.3, -0.25) is 9.59 Å². The fraction of sp³-hybridized carbons (Fsp3) is 0.0667. The van der Waals surface area contributed by atoms with E-state index in [0.717, 1.165) is 39.4 Å². The fourth-order valence-electron chi connectivity index (χ4n) is 4.03. The molecule has 0 atom stereocenters. The van der Waals surface area contributed by atoms with Gasteiger partial charge in [0.25, 0.3) is 11.8 Å². The van der Waals surface area contributed by atoms with Crippen molar-refractivity contribution in [3.63, 3.8) is 0 Å². The third-order valence-corrected chi connectivity index (χ3v) is 8.55. The van der Waals surface area contributed by atoms with E-state index in [1.807, 2.05) is 60.7 Å². The second kappa shape index (κ2) is 12.7. The molecular formula is C30H20Br4N2O4. The molecule has 0 saturated carbocycles. The van der Waals surface area contributed by atoms with Gasteiger partial charge in [-0.15, -0.1) is 0 Å². The summed E-state index contributed by atoms with van der Waals surface area (Å²) in [4.78, 5) is 24.9. The first-order chi connectivity index (χ1) is 19.3. The Labute approximate surface area is 263 Å². The predicted octanol–water partition coefficient (Wildman–Crippen LogP) is 9.08. The summed E-state index contributed by atoms with van der Waals surface area (Å²) in [6, 6.07) is 26.2. The van der Waals surface area contributed by atoms with Gasteiger partial charge in [-0.05, 0) is 114 Å². The third-order valence-electron chi connectivity index (χ3n) is 5.93. The van der Waals surface area contributed by atoms with Crippen LogP contribution < -0.4 is 20.1 Å². The second-order valence-electron chi connectivity index (χ2n) is 8.74. The highest BCUT2D eigenvalue weighted by atomic mass is 79.9. The molecule has 0 radical (unpaired) electrons. The maximum absolute atomic E-state index is 12.5. The molecule has 0 aromatic heterocycles. The Balaban J connectivity index is 1.12. The van der Waals surface area contributed by atoms with Crippen molar-refractivity contribution in [3.8, 4) is 11.5 Å². The molecule has 5 aromatic carbocycles. The standard InChI is InChI=1S/C30H20Br4N2O4/c31-19-3-9-23-17(13-19)1-11-25(29(23)33)39-15-27(37)35-21-5-7-22(8-6-21)36-28(38)16-40-26-12-2-18-14-20(32)4-10-24(18)30(26)34/h1-14H,15-16H2,(H,35,37)(H,36,38). The molecule has 0 aliphatic heterocycles. The lowest BCUT2D eigenvalue weighted by atomic mass is 10.1. The lowest BCUT2D eigenvalue weighted by Crippen LogP contribution is -2.21. The number of benzene rings is 5. The zero-order valence-electron chi connectivity index (χ0n) is 20.6. The van der Waals surface area contributed by atoms with E-state index in [0.29, 0.717) is 22.9 Å². The van der Waals surface area contributed by atoms with Crippen LogP contribution in [0.2, 0.25) is 0 Å². The number of halogens is 4. The first-order valence-corrected chi connectivity index (χ1v) is 15.1. The highest BCUT2D eigenvalue weighted by molar-refractivity contribution is 9.11. The van der Waals surface area contributed by atoms with Crippen LogP contribution in [-0.2, 0) is 9.59 Å². The van der Waals surface area contributed by atoms with Gasteiger partial charge in [0.2, 0.25) is 0 Å². The van der Waals surface area contributed by atoms with Gasteiger partial charge >= 0.3 is 0 Å². The van der Waals surface area contributed by atoms with E-state index in [9.17, 15) is 9.59 Å². The van der Waals surface area contributed by atoms with Crippen molar-refractivity contribution in [1.29, 1.82) is 0 Å².